The van der Waals surface area contributed by atoms with E-state index in [0.29, 0.717) is 24.2 Å². The topological polar surface area (TPSA) is 113 Å². The Morgan fingerprint density at radius 3 is 2.79 bits per heavy atom. The van der Waals surface area contributed by atoms with Crippen LogP contribution in [0.1, 0.15) is 12.1 Å². The molecule has 1 N–H and O–H groups in total. The molecule has 1 aliphatic rings. The number of hydrogen-bond donors (Lipinski definition) is 1. The lowest BCUT2D eigenvalue weighted by Crippen LogP contribution is -2.32. The maximum Gasteiger partial charge on any atom is 0.419 e. The first-order valence-corrected chi connectivity index (χ1v) is 11.1. The number of benzene rings is 1. The Balaban J connectivity index is 1.20. The molecule has 3 aromatic heterocycles. The summed E-state index contributed by atoms with van der Waals surface area (Å²) >= 11 is 12.1. The first kappa shape index (κ1) is 22.3. The van der Waals surface area contributed by atoms with Crippen LogP contribution in [0.2, 0.25) is 10.4 Å². The number of nitrogens with zero attached hydrogens (tertiary/aromatic N) is 5. The Morgan fingerprint density at radius 1 is 1.18 bits per heavy atom. The molecule has 174 valence electrons. The van der Waals surface area contributed by atoms with E-state index in [9.17, 15) is 9.59 Å². The molecule has 12 heteroatoms. The van der Waals surface area contributed by atoms with Gasteiger partial charge in [0.15, 0.2) is 0 Å². The molecule has 0 aliphatic carbocycles. The number of rotatable bonds is 5. The summed E-state index contributed by atoms with van der Waals surface area (Å²) in [5, 5.41) is 4.48. The number of carbonyl (C=O) groups is 2. The summed E-state index contributed by atoms with van der Waals surface area (Å²) in [6.07, 6.45) is 5.29. The van der Waals surface area contributed by atoms with E-state index in [1.807, 2.05) is 24.3 Å². The quantitative estimate of drug-likeness (QED) is 0.414. The van der Waals surface area contributed by atoms with Gasteiger partial charge in [0.2, 0.25) is 5.28 Å². The van der Waals surface area contributed by atoms with E-state index < -0.39 is 24.2 Å². The fraction of sp³-hybridized carbons (Fsp3) is 0.227. The number of hydrogen-bond acceptors (Lipinski definition) is 8. The van der Waals surface area contributed by atoms with Gasteiger partial charge in [-0.1, -0.05) is 23.7 Å². The molecule has 5 rings (SSSR count). The molecule has 0 amide bonds. The third-order valence-corrected chi connectivity index (χ3v) is 5.81. The van der Waals surface area contributed by atoms with Gasteiger partial charge in [0, 0.05) is 36.9 Å². The number of imidazole rings is 2. The van der Waals surface area contributed by atoms with Crippen molar-refractivity contribution in [2.24, 2.45) is 0 Å². The lowest BCUT2D eigenvalue weighted by Gasteiger charge is -2.12. The van der Waals surface area contributed by atoms with Crippen LogP contribution >= 0.6 is 23.2 Å². The van der Waals surface area contributed by atoms with E-state index in [0.717, 1.165) is 11.1 Å². The van der Waals surface area contributed by atoms with Crippen molar-refractivity contribution in [2.45, 2.75) is 25.2 Å². The lowest BCUT2D eigenvalue weighted by molar-refractivity contribution is -0.147. The van der Waals surface area contributed by atoms with Crippen LogP contribution in [0.5, 0.6) is 0 Å². The highest BCUT2D eigenvalue weighted by atomic mass is 35.5. The largest absolute Gasteiger partial charge is 0.458 e. The van der Waals surface area contributed by atoms with Crippen molar-refractivity contribution in [3.63, 3.8) is 0 Å². The maximum absolute atomic E-state index is 12.5. The van der Waals surface area contributed by atoms with Crippen LogP contribution in [-0.2, 0) is 20.9 Å². The van der Waals surface area contributed by atoms with Crippen LogP contribution in [0.4, 0.5) is 4.79 Å². The first-order valence-electron chi connectivity index (χ1n) is 10.4. The monoisotopic (exact) mass is 500 g/mol. The molecular formula is C22H18Cl2N6O4. The van der Waals surface area contributed by atoms with Crippen molar-refractivity contribution >= 4 is 46.2 Å². The summed E-state index contributed by atoms with van der Waals surface area (Å²) in [6.45, 7) is 0.367. The fourth-order valence-corrected chi connectivity index (χ4v) is 4.14. The van der Waals surface area contributed by atoms with Gasteiger partial charge in [0.05, 0.1) is 16.9 Å². The second kappa shape index (κ2) is 9.41. The Bertz CT molecular complexity index is 1360. The van der Waals surface area contributed by atoms with Gasteiger partial charge in [-0.25, -0.2) is 24.3 Å². The van der Waals surface area contributed by atoms with Gasteiger partial charge in [-0.3, -0.25) is 9.36 Å². The van der Waals surface area contributed by atoms with Crippen molar-refractivity contribution in [3.8, 4) is 5.69 Å². The van der Waals surface area contributed by atoms with Crippen LogP contribution in [0.15, 0.2) is 55.2 Å². The first-order chi connectivity index (χ1) is 16.5. The minimum atomic E-state index is -0.569. The van der Waals surface area contributed by atoms with Gasteiger partial charge in [-0.2, -0.15) is 0 Å². The number of halogens is 2. The average molecular weight is 501 g/mol. The highest BCUT2D eigenvalue weighted by Gasteiger charge is 2.33. The van der Waals surface area contributed by atoms with Crippen molar-refractivity contribution in [1.82, 2.24) is 29.4 Å². The summed E-state index contributed by atoms with van der Waals surface area (Å²) in [5.41, 5.74) is 2.05. The Hall–Kier alpha value is -3.47. The molecule has 0 spiro atoms. The average Bonchev–Trinajstić information content (AvgIpc) is 3.58. The van der Waals surface area contributed by atoms with Crippen LogP contribution in [0.25, 0.3) is 16.6 Å². The van der Waals surface area contributed by atoms with Gasteiger partial charge in [0.1, 0.15) is 30.2 Å². The van der Waals surface area contributed by atoms with Gasteiger partial charge < -0.3 is 14.8 Å². The van der Waals surface area contributed by atoms with Gasteiger partial charge in [0.25, 0.3) is 0 Å². The molecule has 1 aliphatic heterocycles. The Kier molecular flexibility index (Phi) is 6.18. The van der Waals surface area contributed by atoms with E-state index in [1.165, 1.54) is 23.3 Å². The van der Waals surface area contributed by atoms with E-state index in [1.54, 1.807) is 16.8 Å². The summed E-state index contributed by atoms with van der Waals surface area (Å²) in [4.78, 5) is 36.9. The third-order valence-electron chi connectivity index (χ3n) is 5.37. The summed E-state index contributed by atoms with van der Waals surface area (Å²) in [6, 6.07) is 8.77. The second-order valence-electron chi connectivity index (χ2n) is 7.66. The molecule has 1 aromatic carbocycles. The maximum atomic E-state index is 12.5. The second-order valence-corrected chi connectivity index (χ2v) is 8.39. The molecule has 0 saturated carbocycles. The van der Waals surface area contributed by atoms with Crippen molar-refractivity contribution in [1.29, 1.82) is 0 Å². The van der Waals surface area contributed by atoms with Gasteiger partial charge in [-0.05, 0) is 29.8 Å². The Morgan fingerprint density at radius 2 is 2.03 bits per heavy atom. The molecule has 4 aromatic rings. The van der Waals surface area contributed by atoms with Crippen LogP contribution < -0.4 is 5.32 Å². The number of ether oxygens (including phenoxy) is 2. The smallest absolute Gasteiger partial charge is 0.419 e. The molecule has 0 radical (unpaired) electrons. The predicted molar refractivity (Wildman–Crippen MR) is 123 cm³/mol. The zero-order valence-corrected chi connectivity index (χ0v) is 19.1. The van der Waals surface area contributed by atoms with Gasteiger partial charge >= 0.3 is 12.1 Å². The molecule has 2 atom stereocenters. The van der Waals surface area contributed by atoms with Crippen molar-refractivity contribution in [2.75, 3.05) is 6.54 Å². The van der Waals surface area contributed by atoms with Crippen LogP contribution in [0.3, 0.4) is 0 Å². The normalized spacial score (nSPS) is 17.7. The molecule has 4 heterocycles. The Labute approximate surface area is 203 Å². The highest BCUT2D eigenvalue weighted by molar-refractivity contribution is 6.32. The summed E-state index contributed by atoms with van der Waals surface area (Å²) in [7, 11) is 0. The summed E-state index contributed by atoms with van der Waals surface area (Å²) < 4.78 is 13.7. The third kappa shape index (κ3) is 4.74. The number of esters is 1. The van der Waals surface area contributed by atoms with E-state index in [2.05, 4.69) is 20.3 Å². The zero-order chi connectivity index (χ0) is 23.7. The number of pyridine rings is 1. The zero-order valence-electron chi connectivity index (χ0n) is 17.6. The molecule has 0 bridgehead atoms. The van der Waals surface area contributed by atoms with Crippen LogP contribution in [-0.4, -0.2) is 54.8 Å². The molecule has 0 unspecified atom stereocenters. The molecular weight excluding hydrogens is 483 g/mol. The molecule has 34 heavy (non-hydrogen) atoms. The minimum absolute atomic E-state index is 0.00827. The number of aromatic nitrogens is 5. The fourth-order valence-electron chi connectivity index (χ4n) is 3.68. The van der Waals surface area contributed by atoms with E-state index in [4.69, 9.17) is 32.7 Å². The highest BCUT2D eigenvalue weighted by Crippen LogP contribution is 2.23. The van der Waals surface area contributed by atoms with Gasteiger partial charge in [-0.15, -0.1) is 0 Å². The SMILES string of the molecule is O=C(OCc1ccc2ccc(-n3cc(Cl)nc3Cl)cc2n1)[C@@H]1C[C@@H](OC(=O)n2ccnc2)CN1. The van der Waals surface area contributed by atoms with E-state index in [-0.39, 0.29) is 17.0 Å². The number of nitrogens with one attached hydrogen (secondary N) is 1. The summed E-state index contributed by atoms with van der Waals surface area (Å²) in [5.74, 6) is -0.434. The van der Waals surface area contributed by atoms with Crippen LogP contribution in [0, 0.1) is 0 Å². The predicted octanol–water partition coefficient (Wildman–Crippen LogP) is 3.38. The van der Waals surface area contributed by atoms with Crippen molar-refractivity contribution in [3.05, 3.63) is 71.4 Å². The molecule has 1 saturated heterocycles. The van der Waals surface area contributed by atoms with Crippen molar-refractivity contribution < 1.29 is 19.1 Å². The lowest BCUT2D eigenvalue weighted by atomic mass is 10.2. The number of fused-ring (bicyclic) bond motifs is 1. The standard InChI is InChI=1S/C22H18Cl2N6O4/c23-19-10-30(21(24)28-19)15-4-2-13-1-3-14(27-17(13)7-15)11-33-20(31)18-8-16(9-26-18)34-22(32)29-6-5-25-12-29/h1-7,10,12,16,18,26H,8-9,11H2/t16-,18+/m1/s1. The number of carbonyl (C=O) groups excluding carboxylic acids is 2. The molecule has 1 fully saturated rings. The van der Waals surface area contributed by atoms with E-state index >= 15 is 0 Å². The minimum Gasteiger partial charge on any atom is -0.458 e. The molecule has 10 nitrogen and oxygen atoms in total.